The number of likely N-dealkylation sites (N-methyl/N-ethyl adjacent to an activating group) is 1. The van der Waals surface area contributed by atoms with Gasteiger partial charge >= 0.3 is 0 Å². The minimum Gasteiger partial charge on any atom is -0.370 e. The van der Waals surface area contributed by atoms with Crippen LogP contribution in [-0.2, 0) is 6.54 Å². The van der Waals surface area contributed by atoms with Gasteiger partial charge in [-0.15, -0.1) is 0 Å². The summed E-state index contributed by atoms with van der Waals surface area (Å²) < 4.78 is 3.53. The first kappa shape index (κ1) is 26.6. The van der Waals surface area contributed by atoms with Crippen molar-refractivity contribution in [2.24, 2.45) is 5.92 Å². The molecule has 1 unspecified atom stereocenters. The maximum atomic E-state index is 13.8. The molecule has 2 aliphatic carbocycles. The number of nitrogens with one attached hydrogen (secondary N) is 2. The zero-order valence-electron chi connectivity index (χ0n) is 23.9. The molecule has 42 heavy (non-hydrogen) atoms. The van der Waals surface area contributed by atoms with Crippen LogP contribution in [0.3, 0.4) is 0 Å². The minimum atomic E-state index is -0.318. The van der Waals surface area contributed by atoms with E-state index in [9.17, 15) is 9.59 Å². The number of ketones is 1. The number of benzene rings is 1. The molecule has 1 aliphatic heterocycles. The molecule has 1 saturated heterocycles. The highest BCUT2D eigenvalue weighted by Gasteiger charge is 2.33. The zero-order valence-corrected chi connectivity index (χ0v) is 23.9. The highest BCUT2D eigenvalue weighted by Crippen LogP contribution is 2.32. The largest absolute Gasteiger partial charge is 0.370 e. The van der Waals surface area contributed by atoms with Gasteiger partial charge in [0.05, 0.1) is 17.8 Å². The molecule has 0 bridgehead atoms. The van der Waals surface area contributed by atoms with Gasteiger partial charge in [-0.25, -0.2) is 9.67 Å². The molecular formula is C32H36N8O2. The third kappa shape index (κ3) is 5.22. The first-order valence-electron chi connectivity index (χ1n) is 15.0. The summed E-state index contributed by atoms with van der Waals surface area (Å²) in [6, 6.07) is 12.3. The molecule has 0 spiro atoms. The standard InChI is InChI=1S/C32H36N8O2/c1-38(26-7-4-15-33-19-26)24-12-10-23(11-13-24)36-32-34-18-22-17-28(29(41)21-8-9-21)31(42)39(30(22)37-32)20-27-14-16-35-40(27)25-5-2-3-6-25/h5,10-14,16-18,21,26,33H,2-4,6-9,15,19-20H2,1H3,(H,34,36,37). The Hall–Kier alpha value is -4.31. The van der Waals surface area contributed by atoms with Crippen LogP contribution in [0.5, 0.6) is 0 Å². The first-order chi connectivity index (χ1) is 20.5. The second-order valence-corrected chi connectivity index (χ2v) is 11.7. The molecule has 7 rings (SSSR count). The Balaban J connectivity index is 1.21. The number of aromatic nitrogens is 5. The predicted octanol–water partition coefficient (Wildman–Crippen LogP) is 4.59. The van der Waals surface area contributed by atoms with Gasteiger partial charge in [-0.05, 0) is 87.9 Å². The molecule has 216 valence electrons. The molecule has 10 heteroatoms. The number of allylic oxidation sites excluding steroid dienone is 2. The van der Waals surface area contributed by atoms with E-state index in [1.807, 2.05) is 22.9 Å². The molecule has 2 fully saturated rings. The van der Waals surface area contributed by atoms with Crippen LogP contribution in [-0.4, -0.2) is 56.3 Å². The number of Topliss-reactive ketones (excluding diaryl/α,β-unsaturated/α-hetero) is 1. The van der Waals surface area contributed by atoms with E-state index in [2.05, 4.69) is 50.9 Å². The van der Waals surface area contributed by atoms with E-state index in [1.54, 1.807) is 23.0 Å². The quantitative estimate of drug-likeness (QED) is 0.284. The lowest BCUT2D eigenvalue weighted by atomic mass is 10.1. The Labute approximate surface area is 244 Å². The van der Waals surface area contributed by atoms with Crippen LogP contribution >= 0.6 is 0 Å². The van der Waals surface area contributed by atoms with E-state index in [1.165, 1.54) is 12.8 Å². The fraction of sp³-hybridized carbons (Fsp3) is 0.406. The summed E-state index contributed by atoms with van der Waals surface area (Å²) in [6.45, 7) is 2.34. The number of fused-ring (bicyclic) bond motifs is 1. The monoisotopic (exact) mass is 564 g/mol. The van der Waals surface area contributed by atoms with Crippen molar-refractivity contribution >= 4 is 39.8 Å². The fourth-order valence-electron chi connectivity index (χ4n) is 6.11. The van der Waals surface area contributed by atoms with Crippen molar-refractivity contribution < 1.29 is 4.79 Å². The van der Waals surface area contributed by atoms with E-state index in [0.717, 1.165) is 68.0 Å². The maximum Gasteiger partial charge on any atom is 0.263 e. The number of carbonyl (C=O) groups is 1. The predicted molar refractivity (Wildman–Crippen MR) is 164 cm³/mol. The molecule has 1 saturated carbocycles. The summed E-state index contributed by atoms with van der Waals surface area (Å²) in [6.07, 6.45) is 12.8. The van der Waals surface area contributed by atoms with Gasteiger partial charge in [0.1, 0.15) is 5.65 Å². The normalized spacial score (nSPS) is 18.7. The Bertz CT molecular complexity index is 1710. The summed E-state index contributed by atoms with van der Waals surface area (Å²) in [7, 11) is 2.14. The van der Waals surface area contributed by atoms with Crippen LogP contribution in [0.4, 0.5) is 17.3 Å². The molecule has 10 nitrogen and oxygen atoms in total. The van der Waals surface area contributed by atoms with Gasteiger partial charge in [-0.3, -0.25) is 14.2 Å². The smallest absolute Gasteiger partial charge is 0.263 e. The summed E-state index contributed by atoms with van der Waals surface area (Å²) in [5.41, 5.74) is 4.42. The van der Waals surface area contributed by atoms with Crippen molar-refractivity contribution in [2.45, 2.75) is 57.5 Å². The topological polar surface area (TPSA) is 110 Å². The molecule has 2 N–H and O–H groups in total. The van der Waals surface area contributed by atoms with Crippen LogP contribution in [0.1, 0.15) is 61.0 Å². The van der Waals surface area contributed by atoms with Crippen molar-refractivity contribution in [3.05, 3.63) is 76.5 Å². The van der Waals surface area contributed by atoms with Gasteiger partial charge in [-0.1, -0.05) is 6.08 Å². The molecule has 3 aliphatic rings. The Morgan fingerprint density at radius 3 is 2.74 bits per heavy atom. The van der Waals surface area contributed by atoms with Gasteiger partial charge in [0.15, 0.2) is 5.78 Å². The highest BCUT2D eigenvalue weighted by atomic mass is 16.1. The van der Waals surface area contributed by atoms with Gasteiger partial charge in [0.2, 0.25) is 5.95 Å². The van der Waals surface area contributed by atoms with E-state index in [-0.39, 0.29) is 29.4 Å². The van der Waals surface area contributed by atoms with Crippen molar-refractivity contribution in [1.82, 2.24) is 29.6 Å². The van der Waals surface area contributed by atoms with Gasteiger partial charge < -0.3 is 15.5 Å². The lowest BCUT2D eigenvalue weighted by Gasteiger charge is -2.33. The van der Waals surface area contributed by atoms with Crippen LogP contribution in [0.15, 0.2) is 59.7 Å². The number of pyridine rings is 1. The minimum absolute atomic E-state index is 0.0592. The molecule has 1 aromatic carbocycles. The summed E-state index contributed by atoms with van der Waals surface area (Å²) >= 11 is 0. The van der Waals surface area contributed by atoms with Gasteiger partial charge in [0, 0.05) is 60.4 Å². The zero-order chi connectivity index (χ0) is 28.6. The maximum absolute atomic E-state index is 13.8. The number of nitrogens with zero attached hydrogens (tertiary/aromatic N) is 6. The number of carbonyl (C=O) groups excluding carboxylic acids is 1. The summed E-state index contributed by atoms with van der Waals surface area (Å²) in [4.78, 5) is 38.6. The van der Waals surface area contributed by atoms with E-state index < -0.39 is 0 Å². The highest BCUT2D eigenvalue weighted by molar-refractivity contribution is 6.01. The van der Waals surface area contributed by atoms with E-state index in [0.29, 0.717) is 23.0 Å². The van der Waals surface area contributed by atoms with Crippen molar-refractivity contribution in [2.75, 3.05) is 30.4 Å². The van der Waals surface area contributed by atoms with E-state index in [4.69, 9.17) is 4.98 Å². The molecule has 0 amide bonds. The molecule has 3 aromatic heterocycles. The summed E-state index contributed by atoms with van der Waals surface area (Å²) in [5, 5.41) is 12.0. The second kappa shape index (κ2) is 11.2. The molecule has 1 atom stereocenters. The Morgan fingerprint density at radius 1 is 1.14 bits per heavy atom. The van der Waals surface area contributed by atoms with Gasteiger partial charge in [0.25, 0.3) is 5.56 Å². The third-order valence-electron chi connectivity index (χ3n) is 8.72. The number of rotatable bonds is 9. The number of piperidine rings is 1. The average Bonchev–Trinajstić information content (AvgIpc) is 3.53. The number of anilines is 3. The lowest BCUT2D eigenvalue weighted by Crippen LogP contribution is -2.44. The van der Waals surface area contributed by atoms with Crippen LogP contribution < -0.4 is 21.1 Å². The van der Waals surface area contributed by atoms with Crippen LogP contribution in [0.25, 0.3) is 16.7 Å². The second-order valence-electron chi connectivity index (χ2n) is 11.7. The van der Waals surface area contributed by atoms with E-state index >= 15 is 0 Å². The van der Waals surface area contributed by atoms with Crippen LogP contribution in [0, 0.1) is 5.92 Å². The third-order valence-corrected chi connectivity index (χ3v) is 8.72. The molecular weight excluding hydrogens is 528 g/mol. The fourth-order valence-corrected chi connectivity index (χ4v) is 6.11. The summed E-state index contributed by atoms with van der Waals surface area (Å²) in [5.74, 6) is 0.247. The van der Waals surface area contributed by atoms with Crippen molar-refractivity contribution in [3.8, 4) is 0 Å². The average molecular weight is 565 g/mol. The van der Waals surface area contributed by atoms with Crippen molar-refractivity contribution in [1.29, 1.82) is 0 Å². The van der Waals surface area contributed by atoms with Gasteiger partial charge in [-0.2, -0.15) is 10.1 Å². The van der Waals surface area contributed by atoms with Crippen LogP contribution in [0.2, 0.25) is 0 Å². The molecule has 4 heterocycles. The number of hydrogen-bond donors (Lipinski definition) is 2. The SMILES string of the molecule is CN(c1ccc(Nc2ncc3cc(C(=O)C4CC4)c(=O)n(Cc4ccnn4C4=CCCC4)c3n2)cc1)C1CCCNC1. The molecule has 4 aromatic rings. The Kier molecular flexibility index (Phi) is 7.07. The molecule has 0 radical (unpaired) electrons. The number of hydrogen-bond acceptors (Lipinski definition) is 8. The first-order valence-corrected chi connectivity index (χ1v) is 15.0. The van der Waals surface area contributed by atoms with Crippen molar-refractivity contribution in [3.63, 3.8) is 0 Å². The lowest BCUT2D eigenvalue weighted by molar-refractivity contribution is 0.0966. The Morgan fingerprint density at radius 2 is 2.00 bits per heavy atom.